The Hall–Kier alpha value is -1.51. The number of carbonyl (C=O) groups is 1. The van der Waals surface area contributed by atoms with Crippen LogP contribution < -0.4 is 0 Å². The molecule has 1 aromatic heterocycles. The molecule has 88 valence electrons. The Morgan fingerprint density at radius 3 is 2.38 bits per heavy atom. The van der Waals surface area contributed by atoms with Crippen molar-refractivity contribution in [2.45, 2.75) is 27.7 Å². The molecule has 1 N–H and O–H groups in total. The van der Waals surface area contributed by atoms with Crippen molar-refractivity contribution < 1.29 is 9.90 Å². The van der Waals surface area contributed by atoms with Gasteiger partial charge in [-0.3, -0.25) is 0 Å². The molecule has 0 aromatic carbocycles. The van der Waals surface area contributed by atoms with E-state index >= 15 is 0 Å². The van der Waals surface area contributed by atoms with Crippen LogP contribution in [0.4, 0.5) is 0 Å². The summed E-state index contributed by atoms with van der Waals surface area (Å²) in [5.41, 5.74) is 2.24. The van der Waals surface area contributed by atoms with Crippen molar-refractivity contribution in [3.05, 3.63) is 29.1 Å². The summed E-state index contributed by atoms with van der Waals surface area (Å²) in [4.78, 5) is 11.0. The van der Waals surface area contributed by atoms with E-state index in [-0.39, 0.29) is 5.41 Å². The second kappa shape index (κ2) is 4.16. The predicted octanol–water partition coefficient (Wildman–Crippen LogP) is 3.09. The van der Waals surface area contributed by atoms with E-state index in [1.54, 1.807) is 6.20 Å². The monoisotopic (exact) mass is 221 g/mol. The normalized spacial score (nSPS) is 12.3. The summed E-state index contributed by atoms with van der Waals surface area (Å²) in [6, 6.07) is 0. The minimum absolute atomic E-state index is 0.0973. The zero-order valence-electron chi connectivity index (χ0n) is 10.5. The summed E-state index contributed by atoms with van der Waals surface area (Å²) in [5, 5.41) is 8.99. The molecule has 3 nitrogen and oxygen atoms in total. The maximum atomic E-state index is 11.0. The van der Waals surface area contributed by atoms with Gasteiger partial charge in [-0.1, -0.05) is 26.8 Å². The highest BCUT2D eigenvalue weighted by Gasteiger charge is 2.14. The molecule has 0 bridgehead atoms. The van der Waals surface area contributed by atoms with Gasteiger partial charge < -0.3 is 9.67 Å². The molecular weight excluding hydrogens is 202 g/mol. The van der Waals surface area contributed by atoms with Crippen LogP contribution in [-0.2, 0) is 7.05 Å². The van der Waals surface area contributed by atoms with E-state index in [4.69, 9.17) is 5.11 Å². The average Bonchev–Trinajstić information content (AvgIpc) is 2.38. The molecule has 0 radical (unpaired) electrons. The lowest BCUT2D eigenvalue weighted by atomic mass is 9.95. The lowest BCUT2D eigenvalue weighted by Gasteiger charge is -2.11. The summed E-state index contributed by atoms with van der Waals surface area (Å²) in [6.45, 7) is 8.17. The lowest BCUT2D eigenvalue weighted by Crippen LogP contribution is -1.99. The van der Waals surface area contributed by atoms with Gasteiger partial charge in [0.05, 0.1) is 5.56 Å². The van der Waals surface area contributed by atoms with E-state index < -0.39 is 5.97 Å². The molecule has 0 amide bonds. The minimum Gasteiger partial charge on any atom is -0.478 e. The number of aromatic carboxylic acids is 1. The van der Waals surface area contributed by atoms with E-state index in [1.165, 1.54) is 0 Å². The van der Waals surface area contributed by atoms with Crippen LogP contribution in [0.2, 0.25) is 0 Å². The highest BCUT2D eigenvalue weighted by atomic mass is 16.4. The molecule has 0 fully saturated rings. The van der Waals surface area contributed by atoms with Crippen molar-refractivity contribution in [2.75, 3.05) is 0 Å². The van der Waals surface area contributed by atoms with Gasteiger partial charge in [-0.2, -0.15) is 0 Å². The first-order valence-electron chi connectivity index (χ1n) is 5.31. The van der Waals surface area contributed by atoms with E-state index in [9.17, 15) is 4.79 Å². The van der Waals surface area contributed by atoms with Crippen molar-refractivity contribution in [3.8, 4) is 0 Å². The first-order chi connectivity index (χ1) is 7.22. The highest BCUT2D eigenvalue weighted by Crippen LogP contribution is 2.21. The van der Waals surface area contributed by atoms with Crippen LogP contribution in [0, 0.1) is 12.3 Å². The van der Waals surface area contributed by atoms with Gasteiger partial charge in [-0.15, -0.1) is 0 Å². The number of carboxylic acids is 1. The standard InChI is InChI=1S/C13H19NO2/c1-9-10(12(15)16)8-14(5)11(9)6-7-13(2,3)4/h6-8H,1-5H3,(H,15,16). The number of hydrogen-bond acceptors (Lipinski definition) is 1. The number of hydrogen-bond donors (Lipinski definition) is 1. The van der Waals surface area contributed by atoms with Crippen molar-refractivity contribution in [2.24, 2.45) is 12.5 Å². The molecule has 0 aliphatic rings. The van der Waals surface area contributed by atoms with Crippen molar-refractivity contribution in [1.82, 2.24) is 4.57 Å². The van der Waals surface area contributed by atoms with Crippen LogP contribution in [-0.4, -0.2) is 15.6 Å². The fourth-order valence-electron chi connectivity index (χ4n) is 1.55. The highest BCUT2D eigenvalue weighted by molar-refractivity contribution is 5.90. The molecule has 0 aliphatic carbocycles. The second-order valence-electron chi connectivity index (χ2n) is 5.17. The number of aromatic nitrogens is 1. The maximum Gasteiger partial charge on any atom is 0.337 e. The molecule has 1 aromatic rings. The third kappa shape index (κ3) is 2.75. The summed E-state index contributed by atoms with van der Waals surface area (Å²) in [7, 11) is 1.86. The smallest absolute Gasteiger partial charge is 0.337 e. The molecule has 3 heteroatoms. The van der Waals surface area contributed by atoms with E-state index in [0.717, 1.165) is 11.3 Å². The predicted molar refractivity (Wildman–Crippen MR) is 65.6 cm³/mol. The Labute approximate surface area is 96.4 Å². The van der Waals surface area contributed by atoms with Gasteiger partial charge in [0.25, 0.3) is 0 Å². The quantitative estimate of drug-likeness (QED) is 0.833. The summed E-state index contributed by atoms with van der Waals surface area (Å²) in [6.07, 6.45) is 5.72. The van der Waals surface area contributed by atoms with Gasteiger partial charge in [-0.05, 0) is 24.0 Å². The van der Waals surface area contributed by atoms with Gasteiger partial charge in [-0.25, -0.2) is 4.79 Å². The van der Waals surface area contributed by atoms with Crippen molar-refractivity contribution >= 4 is 12.0 Å². The molecule has 0 atom stereocenters. The lowest BCUT2D eigenvalue weighted by molar-refractivity contribution is 0.0696. The van der Waals surface area contributed by atoms with Crippen LogP contribution >= 0.6 is 0 Å². The van der Waals surface area contributed by atoms with E-state index in [1.807, 2.05) is 24.6 Å². The first-order valence-corrected chi connectivity index (χ1v) is 5.31. The first kappa shape index (κ1) is 12.6. The van der Waals surface area contributed by atoms with Crippen LogP contribution in [0.5, 0.6) is 0 Å². The maximum absolute atomic E-state index is 11.0. The summed E-state index contributed by atoms with van der Waals surface area (Å²) in [5.74, 6) is -0.872. The van der Waals surface area contributed by atoms with Crippen LogP contribution in [0.3, 0.4) is 0 Å². The average molecular weight is 221 g/mol. The van der Waals surface area contributed by atoms with Crippen LogP contribution in [0.25, 0.3) is 6.08 Å². The second-order valence-corrected chi connectivity index (χ2v) is 5.17. The Morgan fingerprint density at radius 1 is 1.44 bits per heavy atom. The Morgan fingerprint density at radius 2 is 2.00 bits per heavy atom. The molecule has 16 heavy (non-hydrogen) atoms. The van der Waals surface area contributed by atoms with E-state index in [0.29, 0.717) is 5.56 Å². The topological polar surface area (TPSA) is 42.2 Å². The van der Waals surface area contributed by atoms with Gasteiger partial charge in [0.2, 0.25) is 0 Å². The number of carboxylic acid groups (broad SMARTS) is 1. The Kier molecular flexibility index (Phi) is 3.27. The molecule has 0 saturated carbocycles. The molecule has 1 heterocycles. The minimum atomic E-state index is -0.872. The summed E-state index contributed by atoms with van der Waals surface area (Å²) >= 11 is 0. The molecular formula is C13H19NO2. The largest absolute Gasteiger partial charge is 0.478 e. The fourth-order valence-corrected chi connectivity index (χ4v) is 1.55. The third-order valence-electron chi connectivity index (χ3n) is 2.46. The van der Waals surface area contributed by atoms with E-state index in [2.05, 4.69) is 26.8 Å². The number of allylic oxidation sites excluding steroid dienone is 1. The molecule has 1 rings (SSSR count). The molecule has 0 saturated heterocycles. The third-order valence-corrected chi connectivity index (χ3v) is 2.46. The van der Waals surface area contributed by atoms with Crippen LogP contribution in [0.15, 0.2) is 12.3 Å². The fraction of sp³-hybridized carbons (Fsp3) is 0.462. The van der Waals surface area contributed by atoms with Gasteiger partial charge >= 0.3 is 5.97 Å². The Bertz CT molecular complexity index is 434. The zero-order chi connectivity index (χ0) is 12.5. The van der Waals surface area contributed by atoms with Crippen molar-refractivity contribution in [1.29, 1.82) is 0 Å². The van der Waals surface area contributed by atoms with Gasteiger partial charge in [0.1, 0.15) is 0 Å². The van der Waals surface area contributed by atoms with Crippen LogP contribution in [0.1, 0.15) is 42.4 Å². The SMILES string of the molecule is Cc1c(C(=O)O)cn(C)c1C=CC(C)(C)C. The molecule has 0 aliphatic heterocycles. The number of aryl methyl sites for hydroxylation is 1. The van der Waals surface area contributed by atoms with Gasteiger partial charge in [0, 0.05) is 18.9 Å². The summed E-state index contributed by atoms with van der Waals surface area (Å²) < 4.78 is 1.85. The molecule has 0 unspecified atom stereocenters. The zero-order valence-corrected chi connectivity index (χ0v) is 10.5. The number of nitrogens with zero attached hydrogens (tertiary/aromatic N) is 1. The molecule has 0 spiro atoms. The van der Waals surface area contributed by atoms with Crippen molar-refractivity contribution in [3.63, 3.8) is 0 Å². The van der Waals surface area contributed by atoms with Gasteiger partial charge in [0.15, 0.2) is 0 Å². The Balaban J connectivity index is 3.16. The number of rotatable bonds is 2.